The van der Waals surface area contributed by atoms with Gasteiger partial charge in [0.15, 0.2) is 0 Å². The summed E-state index contributed by atoms with van der Waals surface area (Å²) in [5.74, 6) is -2.18. The van der Waals surface area contributed by atoms with Crippen molar-refractivity contribution < 1.29 is 23.8 Å². The highest BCUT2D eigenvalue weighted by molar-refractivity contribution is 6.51. The number of anilines is 1. The SMILES string of the molecule is CC(C)Oc1ccc(/C(O)=C2/C(=O)C(=O)N(c3ccc(Cl)cc3)C2c2ccccc2F)cc1. The van der Waals surface area contributed by atoms with Crippen LogP contribution in [0.2, 0.25) is 5.02 Å². The van der Waals surface area contributed by atoms with Gasteiger partial charge in [0.1, 0.15) is 17.3 Å². The van der Waals surface area contributed by atoms with E-state index in [-0.39, 0.29) is 17.2 Å². The molecule has 3 aromatic carbocycles. The Morgan fingerprint density at radius 1 is 1.00 bits per heavy atom. The molecule has 1 heterocycles. The van der Waals surface area contributed by atoms with Crippen molar-refractivity contribution in [2.45, 2.75) is 26.0 Å². The first kappa shape index (κ1) is 22.6. The van der Waals surface area contributed by atoms with Crippen LogP contribution in [-0.2, 0) is 9.59 Å². The third-order valence-corrected chi connectivity index (χ3v) is 5.50. The van der Waals surface area contributed by atoms with Gasteiger partial charge in [-0.3, -0.25) is 14.5 Å². The van der Waals surface area contributed by atoms with Gasteiger partial charge in [0.2, 0.25) is 0 Å². The third-order valence-electron chi connectivity index (χ3n) is 5.25. The van der Waals surface area contributed by atoms with Crippen molar-refractivity contribution in [3.05, 3.63) is 100 Å². The van der Waals surface area contributed by atoms with E-state index in [0.717, 1.165) is 0 Å². The molecule has 0 aliphatic carbocycles. The van der Waals surface area contributed by atoms with Gasteiger partial charge in [-0.15, -0.1) is 0 Å². The summed E-state index contributed by atoms with van der Waals surface area (Å²) in [7, 11) is 0. The maximum absolute atomic E-state index is 14.9. The van der Waals surface area contributed by atoms with Crippen molar-refractivity contribution in [1.29, 1.82) is 0 Å². The van der Waals surface area contributed by atoms with Crippen LogP contribution in [0.5, 0.6) is 5.75 Å². The molecule has 1 aliphatic rings. The summed E-state index contributed by atoms with van der Waals surface area (Å²) >= 11 is 5.98. The largest absolute Gasteiger partial charge is 0.507 e. The molecule has 0 spiro atoms. The fraction of sp³-hybridized carbons (Fsp3) is 0.154. The minimum atomic E-state index is -1.15. The smallest absolute Gasteiger partial charge is 0.300 e. The van der Waals surface area contributed by atoms with Gasteiger partial charge in [-0.2, -0.15) is 0 Å². The quantitative estimate of drug-likeness (QED) is 0.290. The van der Waals surface area contributed by atoms with Crippen molar-refractivity contribution >= 4 is 34.7 Å². The molecule has 1 unspecified atom stereocenters. The van der Waals surface area contributed by atoms with E-state index in [4.69, 9.17) is 16.3 Å². The highest BCUT2D eigenvalue weighted by Crippen LogP contribution is 2.43. The van der Waals surface area contributed by atoms with Crippen LogP contribution in [-0.4, -0.2) is 22.9 Å². The minimum Gasteiger partial charge on any atom is -0.507 e. The average molecular weight is 466 g/mol. The van der Waals surface area contributed by atoms with Gasteiger partial charge in [0.25, 0.3) is 11.7 Å². The van der Waals surface area contributed by atoms with Crippen LogP contribution < -0.4 is 9.64 Å². The third kappa shape index (κ3) is 4.34. The lowest BCUT2D eigenvalue weighted by atomic mass is 9.94. The maximum atomic E-state index is 14.9. The van der Waals surface area contributed by atoms with E-state index >= 15 is 0 Å². The first-order valence-electron chi connectivity index (χ1n) is 10.4. The van der Waals surface area contributed by atoms with E-state index < -0.39 is 29.3 Å². The van der Waals surface area contributed by atoms with Gasteiger partial charge < -0.3 is 9.84 Å². The number of nitrogens with zero attached hydrogens (tertiary/aromatic N) is 1. The molecule has 0 radical (unpaired) electrons. The van der Waals surface area contributed by atoms with Gasteiger partial charge in [0.05, 0.1) is 17.7 Å². The van der Waals surface area contributed by atoms with Gasteiger partial charge >= 0.3 is 0 Å². The first-order chi connectivity index (χ1) is 15.8. The Bertz CT molecular complexity index is 1240. The van der Waals surface area contributed by atoms with Crippen molar-refractivity contribution in [3.63, 3.8) is 0 Å². The molecule has 4 rings (SSSR count). The normalized spacial score (nSPS) is 17.6. The van der Waals surface area contributed by atoms with Crippen molar-refractivity contribution in [1.82, 2.24) is 0 Å². The Labute approximate surface area is 195 Å². The number of halogens is 2. The second kappa shape index (κ2) is 9.08. The second-order valence-corrected chi connectivity index (χ2v) is 8.29. The van der Waals surface area contributed by atoms with E-state index in [2.05, 4.69) is 0 Å². The number of amides is 1. The molecule has 0 bridgehead atoms. The van der Waals surface area contributed by atoms with Crippen LogP contribution in [0.4, 0.5) is 10.1 Å². The van der Waals surface area contributed by atoms with Gasteiger partial charge in [-0.25, -0.2) is 4.39 Å². The molecule has 168 valence electrons. The van der Waals surface area contributed by atoms with Crippen LogP contribution in [0.3, 0.4) is 0 Å². The zero-order valence-corrected chi connectivity index (χ0v) is 18.7. The number of hydrogen-bond acceptors (Lipinski definition) is 4. The van der Waals surface area contributed by atoms with Gasteiger partial charge in [-0.05, 0) is 68.4 Å². The van der Waals surface area contributed by atoms with Crippen LogP contribution in [0.1, 0.15) is 31.0 Å². The Balaban J connectivity index is 1.88. The van der Waals surface area contributed by atoms with Crippen LogP contribution in [0, 0.1) is 5.82 Å². The molecule has 1 aliphatic heterocycles. The molecular weight excluding hydrogens is 445 g/mol. The predicted octanol–water partition coefficient (Wildman–Crippen LogP) is 5.89. The topological polar surface area (TPSA) is 66.8 Å². The molecule has 1 fully saturated rings. The summed E-state index contributed by atoms with van der Waals surface area (Å²) in [4.78, 5) is 27.3. The second-order valence-electron chi connectivity index (χ2n) is 7.86. The number of carbonyl (C=O) groups excluding carboxylic acids is 2. The van der Waals surface area contributed by atoms with Gasteiger partial charge in [-0.1, -0.05) is 29.8 Å². The number of hydrogen-bond donors (Lipinski definition) is 1. The Morgan fingerprint density at radius 3 is 2.24 bits per heavy atom. The molecule has 33 heavy (non-hydrogen) atoms. The zero-order valence-electron chi connectivity index (χ0n) is 18.0. The fourth-order valence-electron chi connectivity index (χ4n) is 3.81. The molecule has 1 atom stereocenters. The summed E-state index contributed by atoms with van der Waals surface area (Å²) in [5.41, 5.74) is 0.557. The van der Waals surface area contributed by atoms with E-state index in [0.29, 0.717) is 22.0 Å². The van der Waals surface area contributed by atoms with Crippen LogP contribution in [0.15, 0.2) is 78.4 Å². The standard InChI is InChI=1S/C26H21ClFNO4/c1-15(2)33-19-13-7-16(8-14-19)24(30)22-23(20-5-3-4-6-21(20)28)29(26(32)25(22)31)18-11-9-17(27)10-12-18/h3-15,23,30H,1-2H3/b24-22-. The lowest BCUT2D eigenvalue weighted by Crippen LogP contribution is -2.29. The average Bonchev–Trinajstić information content (AvgIpc) is 3.05. The highest BCUT2D eigenvalue weighted by Gasteiger charge is 2.47. The summed E-state index contributed by atoms with van der Waals surface area (Å²) in [6.07, 6.45) is -0.0322. The number of aliphatic hydroxyl groups is 1. The molecule has 1 amide bonds. The molecule has 0 saturated carbocycles. The van der Waals surface area contributed by atoms with Crippen molar-refractivity contribution in [2.24, 2.45) is 0 Å². The maximum Gasteiger partial charge on any atom is 0.300 e. The number of aliphatic hydroxyl groups excluding tert-OH is 1. The molecule has 3 aromatic rings. The highest BCUT2D eigenvalue weighted by atomic mass is 35.5. The van der Waals surface area contributed by atoms with E-state index in [9.17, 15) is 19.1 Å². The number of benzene rings is 3. The zero-order chi connectivity index (χ0) is 23.7. The first-order valence-corrected chi connectivity index (χ1v) is 10.7. The van der Waals surface area contributed by atoms with Crippen molar-refractivity contribution in [3.8, 4) is 5.75 Å². The number of ether oxygens (including phenoxy) is 1. The number of carbonyl (C=O) groups is 2. The van der Waals surface area contributed by atoms with E-state index in [1.807, 2.05) is 13.8 Å². The van der Waals surface area contributed by atoms with E-state index in [1.165, 1.54) is 23.1 Å². The Hall–Kier alpha value is -3.64. The molecule has 1 saturated heterocycles. The predicted molar refractivity (Wildman–Crippen MR) is 125 cm³/mol. The molecule has 0 aromatic heterocycles. The summed E-state index contributed by atoms with van der Waals surface area (Å²) in [6, 6.07) is 17.5. The summed E-state index contributed by atoms with van der Waals surface area (Å²) in [5, 5.41) is 11.6. The van der Waals surface area contributed by atoms with Crippen LogP contribution in [0.25, 0.3) is 5.76 Å². The minimum absolute atomic E-state index is 0.0322. The number of ketones is 1. The molecule has 1 N–H and O–H groups in total. The number of rotatable bonds is 5. The van der Waals surface area contributed by atoms with Crippen LogP contribution >= 0.6 is 11.6 Å². The van der Waals surface area contributed by atoms with Gasteiger partial charge in [0, 0.05) is 21.8 Å². The Kier molecular flexibility index (Phi) is 6.20. The monoisotopic (exact) mass is 465 g/mol. The summed E-state index contributed by atoms with van der Waals surface area (Å²) in [6.45, 7) is 3.78. The fourth-order valence-corrected chi connectivity index (χ4v) is 3.94. The summed E-state index contributed by atoms with van der Waals surface area (Å²) < 4.78 is 20.5. The molecular formula is C26H21ClFNO4. The van der Waals surface area contributed by atoms with Crippen molar-refractivity contribution in [2.75, 3.05) is 4.90 Å². The molecule has 7 heteroatoms. The Morgan fingerprint density at radius 2 is 1.64 bits per heavy atom. The number of Topliss-reactive ketones (excluding diaryl/α,β-unsaturated/α-hetero) is 1. The lowest BCUT2D eigenvalue weighted by Gasteiger charge is -2.25. The molecule has 5 nitrogen and oxygen atoms in total. The van der Waals surface area contributed by atoms with E-state index in [1.54, 1.807) is 54.6 Å². The lowest BCUT2D eigenvalue weighted by molar-refractivity contribution is -0.132.